The minimum absolute atomic E-state index is 0.0402. The van der Waals surface area contributed by atoms with Crippen molar-refractivity contribution in [3.8, 4) is 0 Å². The Hall–Kier alpha value is -3.04. The van der Waals surface area contributed by atoms with E-state index in [1.54, 1.807) is 11.7 Å². The van der Waals surface area contributed by atoms with Crippen molar-refractivity contribution >= 4 is 16.9 Å². The van der Waals surface area contributed by atoms with Crippen LogP contribution in [0.15, 0.2) is 47.7 Å². The Bertz CT molecular complexity index is 1050. The van der Waals surface area contributed by atoms with Crippen LogP contribution in [0, 0.1) is 0 Å². The van der Waals surface area contributed by atoms with Gasteiger partial charge in [-0.15, -0.1) is 0 Å². The molecule has 0 atom stereocenters. The highest BCUT2D eigenvalue weighted by molar-refractivity contribution is 5.77. The lowest BCUT2D eigenvalue weighted by molar-refractivity contribution is -0.121. The monoisotopic (exact) mass is 409 g/mol. The zero-order chi connectivity index (χ0) is 20.9. The molecule has 0 aliphatic carbocycles. The summed E-state index contributed by atoms with van der Waals surface area (Å²) in [5, 5.41) is 7.36. The highest BCUT2D eigenvalue weighted by atomic mass is 16.2. The van der Waals surface area contributed by atoms with E-state index >= 15 is 0 Å². The Labute approximate surface area is 174 Å². The van der Waals surface area contributed by atoms with E-state index < -0.39 is 0 Å². The summed E-state index contributed by atoms with van der Waals surface area (Å²) in [5.41, 5.74) is 1.60. The molecule has 30 heavy (non-hydrogen) atoms. The highest BCUT2D eigenvalue weighted by Crippen LogP contribution is 2.08. The second kappa shape index (κ2) is 9.19. The summed E-state index contributed by atoms with van der Waals surface area (Å²) >= 11 is 0. The topological polar surface area (TPSA) is 88.3 Å². The number of amides is 1. The highest BCUT2D eigenvalue weighted by Gasteiger charge is 2.17. The van der Waals surface area contributed by atoms with Gasteiger partial charge in [0.1, 0.15) is 18.3 Å². The summed E-state index contributed by atoms with van der Waals surface area (Å²) in [6, 6.07) is 10.5. The van der Waals surface area contributed by atoms with Gasteiger partial charge in [0, 0.05) is 52.9 Å². The summed E-state index contributed by atoms with van der Waals surface area (Å²) in [6.07, 6.45) is 2.88. The molecule has 1 aliphatic rings. The number of aryl methyl sites for hydroxylation is 1. The van der Waals surface area contributed by atoms with Crippen LogP contribution < -0.4 is 10.9 Å². The summed E-state index contributed by atoms with van der Waals surface area (Å²) in [5.74, 6) is -0.190. The fourth-order valence-corrected chi connectivity index (χ4v) is 3.76. The van der Waals surface area contributed by atoms with E-state index in [0.717, 1.165) is 39.3 Å². The Morgan fingerprint density at radius 3 is 2.60 bits per heavy atom. The van der Waals surface area contributed by atoms with Crippen LogP contribution in [0.1, 0.15) is 5.56 Å². The molecule has 1 aliphatic heterocycles. The number of benzene rings is 1. The maximum Gasteiger partial charge on any atom is 0.264 e. The van der Waals surface area contributed by atoms with Crippen LogP contribution in [-0.4, -0.2) is 74.3 Å². The molecular weight excluding hydrogens is 382 g/mol. The number of carbonyl (C=O) groups excluding carboxylic acids is 1. The lowest BCUT2D eigenvalue weighted by atomic mass is 10.2. The molecule has 2 aromatic heterocycles. The first-order valence-electron chi connectivity index (χ1n) is 10.2. The molecule has 9 nitrogen and oxygen atoms in total. The fourth-order valence-electron chi connectivity index (χ4n) is 3.76. The van der Waals surface area contributed by atoms with Crippen LogP contribution in [0.5, 0.6) is 0 Å². The third kappa shape index (κ3) is 4.74. The van der Waals surface area contributed by atoms with Gasteiger partial charge in [0.05, 0.1) is 6.20 Å². The van der Waals surface area contributed by atoms with Gasteiger partial charge < -0.3 is 5.32 Å². The van der Waals surface area contributed by atoms with Gasteiger partial charge in [-0.2, -0.15) is 5.10 Å². The van der Waals surface area contributed by atoms with E-state index in [2.05, 4.69) is 49.5 Å². The Balaban J connectivity index is 1.19. The van der Waals surface area contributed by atoms with Crippen molar-refractivity contribution in [3.63, 3.8) is 0 Å². The molecular formula is C21H27N7O2. The molecule has 3 aromatic rings. The second-order valence-corrected chi connectivity index (χ2v) is 7.64. The van der Waals surface area contributed by atoms with Gasteiger partial charge in [-0.1, -0.05) is 30.3 Å². The minimum Gasteiger partial charge on any atom is -0.353 e. The minimum atomic E-state index is -0.252. The van der Waals surface area contributed by atoms with Gasteiger partial charge in [0.15, 0.2) is 5.65 Å². The fraction of sp³-hybridized carbons (Fsp3) is 0.429. The summed E-state index contributed by atoms with van der Waals surface area (Å²) < 4.78 is 2.86. The van der Waals surface area contributed by atoms with Crippen LogP contribution in [0.3, 0.4) is 0 Å². The van der Waals surface area contributed by atoms with Crippen molar-refractivity contribution in [2.24, 2.45) is 7.05 Å². The Kier molecular flexibility index (Phi) is 6.20. The van der Waals surface area contributed by atoms with Crippen LogP contribution in [-0.2, 0) is 24.9 Å². The number of nitrogens with zero attached hydrogens (tertiary/aromatic N) is 6. The van der Waals surface area contributed by atoms with Gasteiger partial charge >= 0.3 is 0 Å². The lowest BCUT2D eigenvalue weighted by Crippen LogP contribution is -2.48. The molecule has 0 saturated carbocycles. The number of nitrogens with one attached hydrogen (secondary N) is 1. The summed E-state index contributed by atoms with van der Waals surface area (Å²) in [4.78, 5) is 33.7. The molecule has 0 radical (unpaired) electrons. The normalized spacial score (nSPS) is 15.5. The van der Waals surface area contributed by atoms with E-state index in [4.69, 9.17) is 0 Å². The second-order valence-electron chi connectivity index (χ2n) is 7.64. The van der Waals surface area contributed by atoms with Crippen molar-refractivity contribution in [1.82, 2.24) is 34.4 Å². The largest absolute Gasteiger partial charge is 0.353 e. The molecule has 1 fully saturated rings. The number of hydrogen-bond acceptors (Lipinski definition) is 6. The van der Waals surface area contributed by atoms with E-state index in [0.29, 0.717) is 17.6 Å². The van der Waals surface area contributed by atoms with Gasteiger partial charge in [0.25, 0.3) is 5.56 Å². The number of rotatable bonds is 7. The zero-order valence-electron chi connectivity index (χ0n) is 17.2. The molecule has 1 aromatic carbocycles. The molecule has 0 unspecified atom stereocenters. The SMILES string of the molecule is Cn1ncc2c(=O)n(CC(=O)NCCN3CCN(Cc4ccccc4)CC3)cnc21. The molecule has 3 heterocycles. The van der Waals surface area contributed by atoms with Crippen molar-refractivity contribution < 1.29 is 4.79 Å². The molecule has 0 spiro atoms. The maximum atomic E-state index is 12.4. The molecule has 4 rings (SSSR count). The smallest absolute Gasteiger partial charge is 0.264 e. The summed E-state index contributed by atoms with van der Waals surface area (Å²) in [6.45, 7) is 6.34. The predicted octanol–water partition coefficient (Wildman–Crippen LogP) is 0.0640. The standard InChI is InChI=1S/C21H27N7O2/c1-25-20-18(13-24-25)21(30)28(16-23-20)15-19(29)22-7-8-26-9-11-27(12-10-26)14-17-5-3-2-4-6-17/h2-6,13,16H,7-12,14-15H2,1H3,(H,22,29). The maximum absolute atomic E-state index is 12.4. The average Bonchev–Trinajstić information content (AvgIpc) is 3.14. The molecule has 9 heteroatoms. The first kappa shape index (κ1) is 20.2. The quantitative estimate of drug-likeness (QED) is 0.594. The van der Waals surface area contributed by atoms with Crippen molar-refractivity contribution in [3.05, 3.63) is 58.8 Å². The van der Waals surface area contributed by atoms with E-state index in [9.17, 15) is 9.59 Å². The van der Waals surface area contributed by atoms with Crippen LogP contribution in [0.25, 0.3) is 11.0 Å². The number of fused-ring (bicyclic) bond motifs is 1. The van der Waals surface area contributed by atoms with Gasteiger partial charge in [-0.05, 0) is 5.56 Å². The van der Waals surface area contributed by atoms with Crippen LogP contribution >= 0.6 is 0 Å². The Morgan fingerprint density at radius 2 is 1.83 bits per heavy atom. The molecule has 1 amide bonds. The number of piperazine rings is 1. The van der Waals surface area contributed by atoms with E-state index in [-0.39, 0.29) is 18.0 Å². The zero-order valence-corrected chi connectivity index (χ0v) is 17.2. The predicted molar refractivity (Wildman–Crippen MR) is 114 cm³/mol. The van der Waals surface area contributed by atoms with Gasteiger partial charge in [-0.3, -0.25) is 28.6 Å². The number of hydrogen-bond donors (Lipinski definition) is 1. The number of aromatic nitrogens is 4. The first-order valence-corrected chi connectivity index (χ1v) is 10.2. The van der Waals surface area contributed by atoms with E-state index in [1.807, 2.05) is 6.07 Å². The van der Waals surface area contributed by atoms with Crippen molar-refractivity contribution in [2.75, 3.05) is 39.3 Å². The molecule has 0 bridgehead atoms. The Morgan fingerprint density at radius 1 is 1.10 bits per heavy atom. The third-order valence-corrected chi connectivity index (χ3v) is 5.50. The van der Waals surface area contributed by atoms with E-state index in [1.165, 1.54) is 22.7 Å². The summed E-state index contributed by atoms with van der Waals surface area (Å²) in [7, 11) is 1.73. The third-order valence-electron chi connectivity index (χ3n) is 5.50. The lowest BCUT2D eigenvalue weighted by Gasteiger charge is -2.34. The van der Waals surface area contributed by atoms with Crippen molar-refractivity contribution in [2.45, 2.75) is 13.1 Å². The molecule has 158 valence electrons. The van der Waals surface area contributed by atoms with Crippen LogP contribution in [0.2, 0.25) is 0 Å². The van der Waals surface area contributed by atoms with Gasteiger partial charge in [0.2, 0.25) is 5.91 Å². The molecule has 1 saturated heterocycles. The first-order chi connectivity index (χ1) is 14.6. The molecule has 1 N–H and O–H groups in total. The van der Waals surface area contributed by atoms with Crippen molar-refractivity contribution in [1.29, 1.82) is 0 Å². The van der Waals surface area contributed by atoms with Gasteiger partial charge in [-0.25, -0.2) is 4.98 Å². The van der Waals surface area contributed by atoms with Crippen LogP contribution in [0.4, 0.5) is 0 Å². The number of carbonyl (C=O) groups is 1. The average molecular weight is 409 g/mol.